The third kappa shape index (κ3) is 4.06. The number of benzene rings is 1. The van der Waals surface area contributed by atoms with Gasteiger partial charge in [-0.2, -0.15) is 0 Å². The molecule has 2 atom stereocenters. The van der Waals surface area contributed by atoms with Crippen LogP contribution in [0.2, 0.25) is 0 Å². The molecule has 0 amide bonds. The highest BCUT2D eigenvalue weighted by molar-refractivity contribution is 8.00. The van der Waals surface area contributed by atoms with Gasteiger partial charge in [-0.25, -0.2) is 0 Å². The van der Waals surface area contributed by atoms with Crippen molar-refractivity contribution < 1.29 is 19.4 Å². The molecule has 0 heterocycles. The topological polar surface area (TPSA) is 55.8 Å². The van der Waals surface area contributed by atoms with Crippen molar-refractivity contribution in [3.63, 3.8) is 0 Å². The summed E-state index contributed by atoms with van der Waals surface area (Å²) in [5.74, 6) is 1.29. The van der Waals surface area contributed by atoms with E-state index in [0.717, 1.165) is 24.3 Å². The molecule has 21 heavy (non-hydrogen) atoms. The van der Waals surface area contributed by atoms with Crippen LogP contribution in [0.15, 0.2) is 18.2 Å². The number of rotatable bonds is 6. The fourth-order valence-electron chi connectivity index (χ4n) is 2.94. The number of hydrogen-bond donors (Lipinski definition) is 1. The van der Waals surface area contributed by atoms with E-state index in [0.29, 0.717) is 11.2 Å². The summed E-state index contributed by atoms with van der Waals surface area (Å²) in [6.45, 7) is 0. The molecule has 1 aliphatic carbocycles. The maximum atomic E-state index is 10.8. The van der Waals surface area contributed by atoms with Crippen molar-refractivity contribution in [1.82, 2.24) is 0 Å². The van der Waals surface area contributed by atoms with Crippen LogP contribution in [0.3, 0.4) is 0 Å². The Kier molecular flexibility index (Phi) is 5.79. The molecule has 0 unspecified atom stereocenters. The Morgan fingerprint density at radius 2 is 1.95 bits per heavy atom. The molecule has 1 saturated carbocycles. The summed E-state index contributed by atoms with van der Waals surface area (Å²) in [5.41, 5.74) is 1.22. The van der Waals surface area contributed by atoms with Crippen molar-refractivity contribution in [1.29, 1.82) is 0 Å². The Morgan fingerprint density at radius 1 is 1.24 bits per heavy atom. The smallest absolute Gasteiger partial charge is 0.313 e. The van der Waals surface area contributed by atoms with Gasteiger partial charge < -0.3 is 14.6 Å². The molecule has 2 rings (SSSR count). The molecule has 116 valence electrons. The number of carboxylic acids is 1. The first-order valence-corrected chi connectivity index (χ1v) is 8.26. The van der Waals surface area contributed by atoms with E-state index in [1.807, 2.05) is 12.1 Å². The summed E-state index contributed by atoms with van der Waals surface area (Å²) in [6.07, 6.45) is 4.56. The zero-order chi connectivity index (χ0) is 15.2. The van der Waals surface area contributed by atoms with Gasteiger partial charge in [-0.05, 0) is 36.5 Å². The average Bonchev–Trinajstić information content (AvgIpc) is 2.52. The minimum atomic E-state index is -0.739. The Morgan fingerprint density at radius 3 is 2.62 bits per heavy atom. The second kappa shape index (κ2) is 7.59. The molecule has 0 saturated heterocycles. The van der Waals surface area contributed by atoms with Crippen LogP contribution in [-0.2, 0) is 4.79 Å². The van der Waals surface area contributed by atoms with Crippen molar-refractivity contribution in [2.45, 2.75) is 36.9 Å². The number of ether oxygens (including phenoxy) is 2. The van der Waals surface area contributed by atoms with Gasteiger partial charge >= 0.3 is 5.97 Å². The van der Waals surface area contributed by atoms with Gasteiger partial charge in [0.1, 0.15) is 0 Å². The predicted molar refractivity (Wildman–Crippen MR) is 84.6 cm³/mol. The van der Waals surface area contributed by atoms with Crippen molar-refractivity contribution >= 4 is 17.7 Å². The lowest BCUT2D eigenvalue weighted by Crippen LogP contribution is -2.21. The van der Waals surface area contributed by atoms with Crippen molar-refractivity contribution in [3.05, 3.63) is 23.8 Å². The van der Waals surface area contributed by atoms with E-state index in [2.05, 4.69) is 6.07 Å². The molecule has 4 nitrogen and oxygen atoms in total. The zero-order valence-corrected chi connectivity index (χ0v) is 13.3. The van der Waals surface area contributed by atoms with Crippen molar-refractivity contribution in [3.8, 4) is 11.5 Å². The van der Waals surface area contributed by atoms with Gasteiger partial charge in [0.25, 0.3) is 0 Å². The average molecular weight is 310 g/mol. The molecule has 1 fully saturated rings. The van der Waals surface area contributed by atoms with Crippen LogP contribution < -0.4 is 9.47 Å². The Hall–Kier alpha value is -1.36. The van der Waals surface area contributed by atoms with Gasteiger partial charge in [0.15, 0.2) is 11.5 Å². The van der Waals surface area contributed by atoms with E-state index in [9.17, 15) is 4.79 Å². The number of hydrogen-bond acceptors (Lipinski definition) is 4. The van der Waals surface area contributed by atoms with Crippen molar-refractivity contribution in [2.24, 2.45) is 0 Å². The maximum absolute atomic E-state index is 10.8. The molecule has 1 N–H and O–H groups in total. The van der Waals surface area contributed by atoms with Crippen LogP contribution >= 0.6 is 11.8 Å². The van der Waals surface area contributed by atoms with Crippen molar-refractivity contribution in [2.75, 3.05) is 20.0 Å². The van der Waals surface area contributed by atoms with Crippen LogP contribution in [0.1, 0.15) is 37.2 Å². The molecule has 0 spiro atoms. The SMILES string of the molecule is COc1ccc([C@H]2CCCC[C@@H]2SCC(=O)O)cc1OC. The zero-order valence-electron chi connectivity index (χ0n) is 12.5. The molecule has 5 heteroatoms. The summed E-state index contributed by atoms with van der Waals surface area (Å²) in [7, 11) is 3.27. The molecule has 1 aromatic carbocycles. The van der Waals surface area contributed by atoms with E-state index in [1.165, 1.54) is 18.4 Å². The van der Waals surface area contributed by atoms with Crippen LogP contribution in [0, 0.1) is 0 Å². The number of carboxylic acid groups (broad SMARTS) is 1. The van der Waals surface area contributed by atoms with Gasteiger partial charge in [-0.15, -0.1) is 11.8 Å². The number of carbonyl (C=O) groups is 1. The summed E-state index contributed by atoms with van der Waals surface area (Å²) >= 11 is 1.56. The number of thioether (sulfide) groups is 1. The first kappa shape index (κ1) is 16.0. The lowest BCUT2D eigenvalue weighted by Gasteiger charge is -2.31. The summed E-state index contributed by atoms with van der Waals surface area (Å²) < 4.78 is 10.7. The predicted octanol–water partition coefficient (Wildman–Crippen LogP) is 3.55. The molecule has 1 aromatic rings. The minimum Gasteiger partial charge on any atom is -0.493 e. The maximum Gasteiger partial charge on any atom is 0.313 e. The molecular formula is C16H22O4S. The monoisotopic (exact) mass is 310 g/mol. The van der Waals surface area contributed by atoms with Gasteiger partial charge in [0, 0.05) is 5.25 Å². The second-order valence-corrected chi connectivity index (χ2v) is 6.48. The normalized spacial score (nSPS) is 21.8. The molecular weight excluding hydrogens is 288 g/mol. The summed E-state index contributed by atoms with van der Waals surface area (Å²) in [5, 5.41) is 9.26. The van der Waals surface area contributed by atoms with E-state index in [4.69, 9.17) is 14.6 Å². The van der Waals surface area contributed by atoms with E-state index >= 15 is 0 Å². The number of methoxy groups -OCH3 is 2. The van der Waals surface area contributed by atoms with Gasteiger partial charge in [0.05, 0.1) is 20.0 Å². The molecule has 0 aliphatic heterocycles. The fraction of sp³-hybridized carbons (Fsp3) is 0.562. The summed E-state index contributed by atoms with van der Waals surface area (Å²) in [4.78, 5) is 10.8. The molecule has 0 bridgehead atoms. The third-order valence-electron chi connectivity index (χ3n) is 3.96. The number of aliphatic carboxylic acids is 1. The van der Waals surface area contributed by atoms with Gasteiger partial charge in [-0.1, -0.05) is 18.9 Å². The highest BCUT2D eigenvalue weighted by Gasteiger charge is 2.28. The lowest BCUT2D eigenvalue weighted by molar-refractivity contribution is -0.133. The van der Waals surface area contributed by atoms with Crippen LogP contribution in [-0.4, -0.2) is 36.3 Å². The lowest BCUT2D eigenvalue weighted by atomic mass is 9.83. The highest BCUT2D eigenvalue weighted by Crippen LogP contribution is 2.42. The van der Waals surface area contributed by atoms with Crippen LogP contribution in [0.25, 0.3) is 0 Å². The van der Waals surface area contributed by atoms with Crippen LogP contribution in [0.5, 0.6) is 11.5 Å². The van der Waals surface area contributed by atoms with Crippen LogP contribution in [0.4, 0.5) is 0 Å². The van der Waals surface area contributed by atoms with E-state index in [-0.39, 0.29) is 5.75 Å². The second-order valence-electron chi connectivity index (χ2n) is 5.25. The molecule has 1 aliphatic rings. The molecule has 0 radical (unpaired) electrons. The first-order valence-electron chi connectivity index (χ1n) is 7.21. The Balaban J connectivity index is 2.18. The molecule has 0 aromatic heterocycles. The fourth-order valence-corrected chi connectivity index (χ4v) is 4.15. The summed E-state index contributed by atoms with van der Waals surface area (Å²) in [6, 6.07) is 6.04. The van der Waals surface area contributed by atoms with Gasteiger partial charge in [-0.3, -0.25) is 4.79 Å². The minimum absolute atomic E-state index is 0.175. The Bertz CT molecular complexity index is 489. The quantitative estimate of drug-likeness (QED) is 0.871. The first-order chi connectivity index (χ1) is 10.2. The van der Waals surface area contributed by atoms with E-state index in [1.54, 1.807) is 26.0 Å². The third-order valence-corrected chi connectivity index (χ3v) is 5.37. The standard InChI is InChI=1S/C16H22O4S/c1-19-13-8-7-11(9-14(13)20-2)12-5-3-4-6-15(12)21-10-16(17)18/h7-9,12,15H,3-6,10H2,1-2H3,(H,17,18)/t12-,15+/m1/s1. The largest absolute Gasteiger partial charge is 0.493 e. The van der Waals surface area contributed by atoms with E-state index < -0.39 is 5.97 Å². The van der Waals surface area contributed by atoms with Gasteiger partial charge in [0.2, 0.25) is 0 Å². The Labute approximate surface area is 129 Å². The highest BCUT2D eigenvalue weighted by atomic mass is 32.2.